The third kappa shape index (κ3) is 4.24. The summed E-state index contributed by atoms with van der Waals surface area (Å²) in [5.74, 6) is 0. The molecule has 0 unspecified atom stereocenters. The first-order valence-electron chi connectivity index (χ1n) is 7.11. The molecule has 0 aliphatic carbocycles. The van der Waals surface area contributed by atoms with E-state index in [9.17, 15) is 0 Å². The van der Waals surface area contributed by atoms with Crippen LogP contribution in [0.3, 0.4) is 0 Å². The molecule has 19 heavy (non-hydrogen) atoms. The molecule has 0 radical (unpaired) electrons. The smallest absolute Gasteiger partial charge is 0.0400 e. The average molecular weight is 262 g/mol. The highest BCUT2D eigenvalue weighted by molar-refractivity contribution is 5.59. The third-order valence-corrected chi connectivity index (χ3v) is 3.78. The molecule has 1 aromatic carbocycles. The molecule has 0 saturated heterocycles. The molecule has 0 aliphatic rings. The van der Waals surface area contributed by atoms with Gasteiger partial charge in [-0.3, -0.25) is 0 Å². The quantitative estimate of drug-likeness (QED) is 0.856. The Labute approximate surface area is 119 Å². The summed E-state index contributed by atoms with van der Waals surface area (Å²) in [5, 5.41) is 6.91. The highest BCUT2D eigenvalue weighted by Crippen LogP contribution is 2.29. The van der Waals surface area contributed by atoms with Gasteiger partial charge in [-0.05, 0) is 56.8 Å². The first-order chi connectivity index (χ1) is 8.57. The fourth-order valence-electron chi connectivity index (χ4n) is 2.07. The average Bonchev–Trinajstić information content (AvgIpc) is 2.26. The van der Waals surface area contributed by atoms with Crippen LogP contribution in [0, 0.1) is 13.8 Å². The zero-order valence-corrected chi connectivity index (χ0v) is 13.9. The van der Waals surface area contributed by atoms with E-state index >= 15 is 0 Å². The fraction of sp³-hybridized carbons (Fsp3) is 0.647. The molecule has 2 N–H and O–H groups in total. The van der Waals surface area contributed by atoms with Crippen LogP contribution < -0.4 is 10.6 Å². The van der Waals surface area contributed by atoms with E-state index in [1.54, 1.807) is 0 Å². The Kier molecular flexibility index (Phi) is 4.67. The van der Waals surface area contributed by atoms with Crippen molar-refractivity contribution in [1.82, 2.24) is 5.32 Å². The highest BCUT2D eigenvalue weighted by atomic mass is 15.0. The highest BCUT2D eigenvalue weighted by Gasteiger charge is 2.18. The minimum absolute atomic E-state index is 0.0988. The van der Waals surface area contributed by atoms with Gasteiger partial charge >= 0.3 is 0 Å². The maximum absolute atomic E-state index is 3.59. The van der Waals surface area contributed by atoms with Crippen LogP contribution in [0.4, 0.5) is 5.69 Å². The molecule has 0 spiro atoms. The standard InChI is InChI=1S/C17H30N2/c1-12-9-14(16(3,4)5)10-13(2)15(12)19-11-17(6,7)18-8/h9-10,18-19H,11H2,1-8H3. The third-order valence-electron chi connectivity index (χ3n) is 3.78. The van der Waals surface area contributed by atoms with Crippen molar-refractivity contribution in [2.24, 2.45) is 0 Å². The Hall–Kier alpha value is -1.02. The van der Waals surface area contributed by atoms with E-state index in [0.717, 1.165) is 6.54 Å². The number of likely N-dealkylation sites (N-methyl/N-ethyl adjacent to an activating group) is 1. The van der Waals surface area contributed by atoms with Gasteiger partial charge in [0.2, 0.25) is 0 Å². The van der Waals surface area contributed by atoms with Crippen LogP contribution in [-0.2, 0) is 5.41 Å². The second-order valence-corrected chi connectivity index (χ2v) is 7.22. The minimum atomic E-state index is 0.0988. The van der Waals surface area contributed by atoms with Gasteiger partial charge in [-0.15, -0.1) is 0 Å². The SMILES string of the molecule is CNC(C)(C)CNc1c(C)cc(C(C)(C)C)cc1C. The summed E-state index contributed by atoms with van der Waals surface area (Å²) >= 11 is 0. The van der Waals surface area contributed by atoms with Crippen molar-refractivity contribution >= 4 is 5.69 Å². The van der Waals surface area contributed by atoms with Gasteiger partial charge in [0.25, 0.3) is 0 Å². The number of rotatable bonds is 4. The summed E-state index contributed by atoms with van der Waals surface area (Å²) in [6, 6.07) is 4.61. The Bertz CT molecular complexity index is 416. The lowest BCUT2D eigenvalue weighted by Gasteiger charge is -2.27. The van der Waals surface area contributed by atoms with Gasteiger partial charge in [0, 0.05) is 17.8 Å². The van der Waals surface area contributed by atoms with Crippen molar-refractivity contribution < 1.29 is 0 Å². The molecule has 0 aromatic heterocycles. The largest absolute Gasteiger partial charge is 0.383 e. The van der Waals surface area contributed by atoms with E-state index in [0.29, 0.717) is 0 Å². The van der Waals surface area contributed by atoms with E-state index < -0.39 is 0 Å². The minimum Gasteiger partial charge on any atom is -0.383 e. The molecule has 0 bridgehead atoms. The lowest BCUT2D eigenvalue weighted by atomic mass is 9.84. The van der Waals surface area contributed by atoms with Crippen LogP contribution in [0.25, 0.3) is 0 Å². The number of benzene rings is 1. The van der Waals surface area contributed by atoms with Crippen LogP contribution in [-0.4, -0.2) is 19.1 Å². The van der Waals surface area contributed by atoms with Crippen molar-refractivity contribution in [1.29, 1.82) is 0 Å². The molecule has 0 fully saturated rings. The Morgan fingerprint density at radius 1 is 0.947 bits per heavy atom. The Morgan fingerprint density at radius 3 is 1.79 bits per heavy atom. The summed E-state index contributed by atoms with van der Waals surface area (Å²) in [6.45, 7) is 16.5. The van der Waals surface area contributed by atoms with Crippen LogP contribution in [0.15, 0.2) is 12.1 Å². The van der Waals surface area contributed by atoms with Gasteiger partial charge in [0.05, 0.1) is 0 Å². The number of aryl methyl sites for hydroxylation is 2. The summed E-state index contributed by atoms with van der Waals surface area (Å²) in [7, 11) is 2.00. The maximum atomic E-state index is 3.59. The van der Waals surface area contributed by atoms with Crippen molar-refractivity contribution in [3.63, 3.8) is 0 Å². The van der Waals surface area contributed by atoms with Gasteiger partial charge in [-0.2, -0.15) is 0 Å². The van der Waals surface area contributed by atoms with Gasteiger partial charge < -0.3 is 10.6 Å². The summed E-state index contributed by atoms with van der Waals surface area (Å²) < 4.78 is 0. The molecule has 1 aromatic rings. The monoisotopic (exact) mass is 262 g/mol. The van der Waals surface area contributed by atoms with E-state index in [-0.39, 0.29) is 11.0 Å². The Morgan fingerprint density at radius 2 is 1.42 bits per heavy atom. The number of anilines is 1. The topological polar surface area (TPSA) is 24.1 Å². The molecule has 108 valence electrons. The van der Waals surface area contributed by atoms with Crippen molar-refractivity contribution in [2.45, 2.75) is 59.4 Å². The number of hydrogen-bond acceptors (Lipinski definition) is 2. The number of nitrogens with one attached hydrogen (secondary N) is 2. The predicted molar refractivity (Wildman–Crippen MR) is 86.2 cm³/mol. The van der Waals surface area contributed by atoms with Crippen molar-refractivity contribution in [3.8, 4) is 0 Å². The van der Waals surface area contributed by atoms with E-state index in [1.807, 2.05) is 7.05 Å². The molecule has 0 aliphatic heterocycles. The normalized spacial score (nSPS) is 12.6. The molecule has 2 nitrogen and oxygen atoms in total. The van der Waals surface area contributed by atoms with Crippen LogP contribution >= 0.6 is 0 Å². The molecule has 0 amide bonds. The van der Waals surface area contributed by atoms with Crippen molar-refractivity contribution in [3.05, 3.63) is 28.8 Å². The van der Waals surface area contributed by atoms with Gasteiger partial charge in [0.1, 0.15) is 0 Å². The Balaban J connectivity index is 2.99. The van der Waals surface area contributed by atoms with Crippen LogP contribution in [0.5, 0.6) is 0 Å². The van der Waals surface area contributed by atoms with Gasteiger partial charge in [-0.1, -0.05) is 32.9 Å². The molecular formula is C17H30N2. The maximum Gasteiger partial charge on any atom is 0.0400 e. The zero-order valence-electron chi connectivity index (χ0n) is 13.9. The van der Waals surface area contributed by atoms with E-state index in [2.05, 4.69) is 71.2 Å². The molecular weight excluding hydrogens is 232 g/mol. The predicted octanol–water partition coefficient (Wildman–Crippen LogP) is 4.01. The first-order valence-corrected chi connectivity index (χ1v) is 7.11. The summed E-state index contributed by atoms with van der Waals surface area (Å²) in [4.78, 5) is 0. The molecule has 1 rings (SSSR count). The van der Waals surface area contributed by atoms with E-state index in [1.165, 1.54) is 22.4 Å². The summed E-state index contributed by atoms with van der Waals surface area (Å²) in [6.07, 6.45) is 0. The lowest BCUT2D eigenvalue weighted by Crippen LogP contribution is -2.43. The van der Waals surface area contributed by atoms with Crippen LogP contribution in [0.1, 0.15) is 51.3 Å². The second-order valence-electron chi connectivity index (χ2n) is 7.22. The van der Waals surface area contributed by atoms with Crippen molar-refractivity contribution in [2.75, 3.05) is 18.9 Å². The second kappa shape index (κ2) is 5.54. The first kappa shape index (κ1) is 16.0. The fourth-order valence-corrected chi connectivity index (χ4v) is 2.07. The van der Waals surface area contributed by atoms with Gasteiger partial charge in [-0.25, -0.2) is 0 Å². The zero-order chi connectivity index (χ0) is 14.8. The van der Waals surface area contributed by atoms with E-state index in [4.69, 9.17) is 0 Å². The summed E-state index contributed by atoms with van der Waals surface area (Å²) in [5.41, 5.74) is 5.64. The number of hydrogen-bond donors (Lipinski definition) is 2. The molecule has 2 heteroatoms. The van der Waals surface area contributed by atoms with Gasteiger partial charge in [0.15, 0.2) is 0 Å². The molecule has 0 atom stereocenters. The lowest BCUT2D eigenvalue weighted by molar-refractivity contribution is 0.448. The van der Waals surface area contributed by atoms with Crippen LogP contribution in [0.2, 0.25) is 0 Å². The molecule has 0 saturated carbocycles. The molecule has 0 heterocycles.